The number of hydrogen-bond acceptors (Lipinski definition) is 5. The molecule has 0 aliphatic carbocycles. The standard InChI is InChI=1S/C4H5N3S2/c5-9-4-3(8)6-1-2-7-4/h1-2H,5H2,(H,6,8). The van der Waals surface area contributed by atoms with Gasteiger partial charge in [-0.2, -0.15) is 0 Å². The molecular formula is C4H5N3S2. The van der Waals surface area contributed by atoms with Crippen LogP contribution >= 0.6 is 24.6 Å². The molecule has 1 heterocycles. The average Bonchev–Trinajstić information content (AvgIpc) is 1.89. The molecule has 0 aliphatic rings. The molecule has 0 spiro atoms. The van der Waals surface area contributed by atoms with Gasteiger partial charge in [-0.25, -0.2) is 9.97 Å². The minimum absolute atomic E-state index is 0.574. The fraction of sp³-hybridized carbons (Fsp3) is 0. The Kier molecular flexibility index (Phi) is 2.32. The van der Waals surface area contributed by atoms with E-state index in [2.05, 4.69) is 22.6 Å². The van der Waals surface area contributed by atoms with Crippen LogP contribution in [0, 0.1) is 0 Å². The highest BCUT2D eigenvalue weighted by Gasteiger charge is 1.95. The van der Waals surface area contributed by atoms with E-state index in [1.165, 1.54) is 0 Å². The van der Waals surface area contributed by atoms with Gasteiger partial charge < -0.3 is 0 Å². The highest BCUT2D eigenvalue weighted by atomic mass is 32.2. The van der Waals surface area contributed by atoms with Crippen molar-refractivity contribution in [2.24, 2.45) is 5.14 Å². The number of rotatable bonds is 1. The number of thiol groups is 1. The topological polar surface area (TPSA) is 51.8 Å². The minimum atomic E-state index is 0.574. The fourth-order valence-corrected chi connectivity index (χ4v) is 0.963. The lowest BCUT2D eigenvalue weighted by atomic mass is 10.8. The van der Waals surface area contributed by atoms with Crippen molar-refractivity contribution in [2.45, 2.75) is 10.1 Å². The van der Waals surface area contributed by atoms with Crippen molar-refractivity contribution in [3.63, 3.8) is 0 Å². The van der Waals surface area contributed by atoms with E-state index in [9.17, 15) is 0 Å². The van der Waals surface area contributed by atoms with Crippen molar-refractivity contribution in [2.75, 3.05) is 0 Å². The zero-order chi connectivity index (χ0) is 6.69. The summed E-state index contributed by atoms with van der Waals surface area (Å²) in [5.74, 6) is 0. The molecule has 3 nitrogen and oxygen atoms in total. The number of hydrogen-bond donors (Lipinski definition) is 2. The van der Waals surface area contributed by atoms with E-state index >= 15 is 0 Å². The molecule has 5 heteroatoms. The molecule has 0 bridgehead atoms. The summed E-state index contributed by atoms with van der Waals surface area (Å²) in [4.78, 5) is 7.75. The molecule has 1 rings (SSSR count). The molecule has 2 N–H and O–H groups in total. The third-order valence-corrected chi connectivity index (χ3v) is 1.76. The molecular weight excluding hydrogens is 154 g/mol. The Morgan fingerprint density at radius 2 is 2.11 bits per heavy atom. The Hall–Kier alpha value is -0.260. The van der Waals surface area contributed by atoms with Crippen molar-refractivity contribution in [3.8, 4) is 0 Å². The molecule has 0 amide bonds. The zero-order valence-corrected chi connectivity index (χ0v) is 6.19. The first-order valence-electron chi connectivity index (χ1n) is 2.21. The third kappa shape index (κ3) is 1.57. The van der Waals surface area contributed by atoms with Gasteiger partial charge in [0.2, 0.25) is 0 Å². The van der Waals surface area contributed by atoms with Gasteiger partial charge in [0.05, 0.1) is 0 Å². The SMILES string of the molecule is NSc1nccnc1S. The largest absolute Gasteiger partial charge is 0.272 e. The monoisotopic (exact) mass is 159 g/mol. The first-order valence-corrected chi connectivity index (χ1v) is 3.54. The summed E-state index contributed by atoms with van der Waals surface area (Å²) in [6.07, 6.45) is 3.15. The van der Waals surface area contributed by atoms with Crippen molar-refractivity contribution in [1.82, 2.24) is 9.97 Å². The van der Waals surface area contributed by atoms with E-state index in [4.69, 9.17) is 5.14 Å². The van der Waals surface area contributed by atoms with Crippen LogP contribution in [0.25, 0.3) is 0 Å². The number of aromatic nitrogens is 2. The molecule has 0 saturated carbocycles. The Labute approximate surface area is 62.6 Å². The molecule has 0 atom stereocenters. The molecule has 0 saturated heterocycles. The van der Waals surface area contributed by atoms with Gasteiger partial charge >= 0.3 is 0 Å². The van der Waals surface area contributed by atoms with Crippen LogP contribution in [0.3, 0.4) is 0 Å². The summed E-state index contributed by atoms with van der Waals surface area (Å²) in [6, 6.07) is 0. The van der Waals surface area contributed by atoms with Gasteiger partial charge in [0.1, 0.15) is 10.1 Å². The smallest absolute Gasteiger partial charge is 0.143 e. The van der Waals surface area contributed by atoms with Gasteiger partial charge in [-0.3, -0.25) is 5.14 Å². The van der Waals surface area contributed by atoms with Crippen molar-refractivity contribution in [1.29, 1.82) is 0 Å². The summed E-state index contributed by atoms with van der Waals surface area (Å²) in [7, 11) is 0. The van der Waals surface area contributed by atoms with E-state index in [1.54, 1.807) is 12.4 Å². The molecule has 0 unspecified atom stereocenters. The second-order valence-electron chi connectivity index (χ2n) is 1.30. The van der Waals surface area contributed by atoms with Gasteiger partial charge in [-0.15, -0.1) is 12.6 Å². The van der Waals surface area contributed by atoms with Gasteiger partial charge in [0, 0.05) is 12.4 Å². The van der Waals surface area contributed by atoms with Crippen molar-refractivity contribution >= 4 is 24.6 Å². The molecule has 9 heavy (non-hydrogen) atoms. The molecule has 0 aromatic carbocycles. The lowest BCUT2D eigenvalue weighted by Crippen LogP contribution is -1.87. The predicted octanol–water partition coefficient (Wildman–Crippen LogP) is 0.731. The minimum Gasteiger partial charge on any atom is -0.272 e. The van der Waals surface area contributed by atoms with Crippen LogP contribution in [0.5, 0.6) is 0 Å². The molecule has 1 aromatic heterocycles. The normalized spacial score (nSPS) is 9.56. The van der Waals surface area contributed by atoms with Crippen molar-refractivity contribution in [3.05, 3.63) is 12.4 Å². The maximum atomic E-state index is 5.22. The van der Waals surface area contributed by atoms with Crippen LogP contribution in [0.1, 0.15) is 0 Å². The van der Waals surface area contributed by atoms with Crippen LogP contribution in [-0.4, -0.2) is 9.97 Å². The summed E-state index contributed by atoms with van der Waals surface area (Å²) in [5.41, 5.74) is 0. The van der Waals surface area contributed by atoms with Gasteiger partial charge in [-0.05, 0) is 11.9 Å². The van der Waals surface area contributed by atoms with E-state index in [-0.39, 0.29) is 0 Å². The first kappa shape index (κ1) is 6.85. The summed E-state index contributed by atoms with van der Waals surface area (Å²) < 4.78 is 0. The van der Waals surface area contributed by atoms with Crippen LogP contribution < -0.4 is 5.14 Å². The predicted molar refractivity (Wildman–Crippen MR) is 39.3 cm³/mol. The van der Waals surface area contributed by atoms with Crippen LogP contribution in [0.4, 0.5) is 0 Å². The number of nitrogens with zero attached hydrogens (tertiary/aromatic N) is 2. The van der Waals surface area contributed by atoms with E-state index in [1.807, 2.05) is 0 Å². The average molecular weight is 159 g/mol. The number of nitrogens with two attached hydrogens (primary N) is 1. The summed E-state index contributed by atoms with van der Waals surface area (Å²) in [6.45, 7) is 0. The highest BCUT2D eigenvalue weighted by Crippen LogP contribution is 2.14. The molecule has 48 valence electrons. The molecule has 0 aliphatic heterocycles. The maximum Gasteiger partial charge on any atom is 0.143 e. The molecule has 1 aromatic rings. The molecule has 0 fully saturated rings. The van der Waals surface area contributed by atoms with Crippen LogP contribution in [0.15, 0.2) is 22.4 Å². The summed E-state index contributed by atoms with van der Waals surface area (Å²) in [5, 5.41) is 6.44. The quantitative estimate of drug-likeness (QED) is 0.468. The van der Waals surface area contributed by atoms with Gasteiger partial charge in [-0.1, -0.05) is 0 Å². The Bertz CT molecular complexity index is 203. The van der Waals surface area contributed by atoms with Gasteiger partial charge in [0.25, 0.3) is 0 Å². The highest BCUT2D eigenvalue weighted by molar-refractivity contribution is 7.97. The zero-order valence-electron chi connectivity index (χ0n) is 4.48. The molecule has 0 radical (unpaired) electrons. The van der Waals surface area contributed by atoms with E-state index in [0.717, 1.165) is 11.9 Å². The third-order valence-electron chi connectivity index (χ3n) is 0.758. The lowest BCUT2D eigenvalue weighted by Gasteiger charge is -1.94. The fourth-order valence-electron chi connectivity index (χ4n) is 0.401. The Morgan fingerprint density at radius 3 is 2.56 bits per heavy atom. The van der Waals surface area contributed by atoms with Crippen LogP contribution in [0.2, 0.25) is 0 Å². The van der Waals surface area contributed by atoms with E-state index in [0.29, 0.717) is 10.1 Å². The maximum absolute atomic E-state index is 5.22. The van der Waals surface area contributed by atoms with Crippen molar-refractivity contribution < 1.29 is 0 Å². The van der Waals surface area contributed by atoms with Crippen LogP contribution in [-0.2, 0) is 0 Å². The second-order valence-corrected chi connectivity index (χ2v) is 2.35. The Morgan fingerprint density at radius 1 is 1.44 bits per heavy atom. The summed E-state index contributed by atoms with van der Waals surface area (Å²) >= 11 is 5.05. The second kappa shape index (κ2) is 3.05. The lowest BCUT2D eigenvalue weighted by molar-refractivity contribution is 0.926. The first-order chi connectivity index (χ1) is 4.34. The van der Waals surface area contributed by atoms with E-state index < -0.39 is 0 Å². The Balaban J connectivity index is 3.01. The van der Waals surface area contributed by atoms with Gasteiger partial charge in [0.15, 0.2) is 0 Å².